The maximum absolute atomic E-state index is 13.9. The summed E-state index contributed by atoms with van der Waals surface area (Å²) in [6.07, 6.45) is 2.99. The molecule has 0 aromatic rings. The van der Waals surface area contributed by atoms with Gasteiger partial charge in [-0.15, -0.1) is 0 Å². The van der Waals surface area contributed by atoms with Crippen molar-refractivity contribution < 1.29 is 28.7 Å². The molecule has 1 spiro atoms. The molecular weight excluding hydrogens is 414 g/mol. The molecule has 32 heavy (non-hydrogen) atoms. The number of esters is 1. The number of carbonyl (C=O) groups is 4. The van der Waals surface area contributed by atoms with Crippen molar-refractivity contribution in [3.63, 3.8) is 0 Å². The van der Waals surface area contributed by atoms with Gasteiger partial charge in [0.1, 0.15) is 23.3 Å². The van der Waals surface area contributed by atoms with Gasteiger partial charge >= 0.3 is 12.1 Å². The molecule has 180 valence electrons. The van der Waals surface area contributed by atoms with E-state index in [-0.39, 0.29) is 11.8 Å². The molecule has 9 nitrogen and oxygen atoms in total. The fourth-order valence-electron chi connectivity index (χ4n) is 5.27. The first kappa shape index (κ1) is 24.3. The van der Waals surface area contributed by atoms with E-state index in [1.165, 1.54) is 6.92 Å². The molecule has 3 saturated heterocycles. The number of hydrogen-bond acceptors (Lipinski definition) is 6. The Balaban J connectivity index is 1.90. The first-order valence-corrected chi connectivity index (χ1v) is 11.7. The van der Waals surface area contributed by atoms with E-state index >= 15 is 0 Å². The number of carbonyl (C=O) groups excluding carboxylic acids is 4. The lowest BCUT2D eigenvalue weighted by Gasteiger charge is -2.47. The lowest BCUT2D eigenvalue weighted by Crippen LogP contribution is -2.67. The molecule has 3 heterocycles. The monoisotopic (exact) mass is 451 g/mol. The van der Waals surface area contributed by atoms with Gasteiger partial charge in [0.15, 0.2) is 0 Å². The Hall–Kier alpha value is -2.32. The summed E-state index contributed by atoms with van der Waals surface area (Å²) in [5, 5.41) is 0. The molecule has 2 unspecified atom stereocenters. The number of piperidine rings is 1. The zero-order valence-corrected chi connectivity index (χ0v) is 20.0. The van der Waals surface area contributed by atoms with Gasteiger partial charge in [-0.05, 0) is 66.2 Å². The molecule has 3 aliphatic rings. The van der Waals surface area contributed by atoms with Gasteiger partial charge in [0.05, 0.1) is 0 Å². The van der Waals surface area contributed by atoms with E-state index in [1.54, 1.807) is 42.4 Å². The van der Waals surface area contributed by atoms with Crippen molar-refractivity contribution in [3.05, 3.63) is 0 Å². The van der Waals surface area contributed by atoms with Crippen LogP contribution in [0.5, 0.6) is 0 Å². The van der Waals surface area contributed by atoms with Gasteiger partial charge in [-0.25, -0.2) is 4.79 Å². The number of rotatable bonds is 4. The van der Waals surface area contributed by atoms with Gasteiger partial charge in [-0.2, -0.15) is 0 Å². The van der Waals surface area contributed by atoms with Crippen LogP contribution >= 0.6 is 0 Å². The molecule has 9 heteroatoms. The van der Waals surface area contributed by atoms with Crippen molar-refractivity contribution in [2.24, 2.45) is 0 Å². The van der Waals surface area contributed by atoms with E-state index in [0.29, 0.717) is 51.9 Å². The molecule has 3 rings (SSSR count). The molecule has 0 aromatic heterocycles. The van der Waals surface area contributed by atoms with E-state index in [0.717, 1.165) is 12.8 Å². The van der Waals surface area contributed by atoms with Crippen molar-refractivity contribution in [2.75, 3.05) is 26.2 Å². The highest BCUT2D eigenvalue weighted by Gasteiger charge is 2.56. The summed E-state index contributed by atoms with van der Waals surface area (Å²) in [6.45, 7) is 10.5. The van der Waals surface area contributed by atoms with Gasteiger partial charge in [0.2, 0.25) is 11.8 Å². The molecular formula is C23H37N3O6. The van der Waals surface area contributed by atoms with Crippen molar-refractivity contribution in [3.8, 4) is 0 Å². The number of hydrogen-bond donors (Lipinski definition) is 0. The predicted octanol–water partition coefficient (Wildman–Crippen LogP) is 2.32. The van der Waals surface area contributed by atoms with Crippen LogP contribution in [0.1, 0.15) is 73.1 Å². The smallest absolute Gasteiger partial charge is 0.411 e. The third-order valence-corrected chi connectivity index (χ3v) is 6.55. The number of amides is 3. The quantitative estimate of drug-likeness (QED) is 0.609. The second-order valence-electron chi connectivity index (χ2n) is 10.2. The molecule has 0 N–H and O–H groups in total. The van der Waals surface area contributed by atoms with E-state index in [2.05, 4.69) is 0 Å². The molecule has 0 aliphatic carbocycles. The molecule has 3 amide bonds. The third kappa shape index (κ3) is 4.86. The molecule has 3 fully saturated rings. The fourth-order valence-corrected chi connectivity index (χ4v) is 5.27. The van der Waals surface area contributed by atoms with E-state index < -0.39 is 35.3 Å². The Morgan fingerprint density at radius 2 is 1.56 bits per heavy atom. The van der Waals surface area contributed by atoms with Crippen LogP contribution in [0.2, 0.25) is 0 Å². The van der Waals surface area contributed by atoms with E-state index in [9.17, 15) is 19.2 Å². The Labute approximate surface area is 190 Å². The van der Waals surface area contributed by atoms with Crippen LogP contribution in [0.4, 0.5) is 4.79 Å². The van der Waals surface area contributed by atoms with Crippen LogP contribution in [0.15, 0.2) is 0 Å². The number of likely N-dealkylation sites (tertiary alicyclic amines) is 3. The van der Waals surface area contributed by atoms with Gasteiger partial charge in [-0.3, -0.25) is 19.3 Å². The van der Waals surface area contributed by atoms with Crippen molar-refractivity contribution >= 4 is 23.9 Å². The second kappa shape index (κ2) is 9.27. The Morgan fingerprint density at radius 1 is 0.969 bits per heavy atom. The maximum atomic E-state index is 13.9. The number of ether oxygens (including phenoxy) is 2. The summed E-state index contributed by atoms with van der Waals surface area (Å²) in [5.74, 6) is -0.931. The van der Waals surface area contributed by atoms with Crippen LogP contribution in [0, 0.1) is 0 Å². The normalized spacial score (nSPS) is 25.8. The molecule has 3 atom stereocenters. The second-order valence-corrected chi connectivity index (χ2v) is 10.2. The standard InChI is InChI=1S/C23H37N3O6/c1-16(31-17(2)27)18(19(28)24-12-6-7-13-24)25-14-8-10-23(20(25)29)11-9-15-26(23)21(30)32-22(3,4)5/h16,18H,6-15H2,1-5H3/t16-,18?,23?/m1/s1. The van der Waals surface area contributed by atoms with Crippen molar-refractivity contribution in [2.45, 2.75) is 96.4 Å². The summed E-state index contributed by atoms with van der Waals surface area (Å²) < 4.78 is 11.0. The minimum absolute atomic E-state index is 0.191. The summed E-state index contributed by atoms with van der Waals surface area (Å²) in [6, 6.07) is -0.900. The van der Waals surface area contributed by atoms with Crippen LogP contribution in [0.3, 0.4) is 0 Å². The summed E-state index contributed by atoms with van der Waals surface area (Å²) >= 11 is 0. The lowest BCUT2D eigenvalue weighted by molar-refractivity contribution is -0.166. The predicted molar refractivity (Wildman–Crippen MR) is 117 cm³/mol. The van der Waals surface area contributed by atoms with Gasteiger partial charge < -0.3 is 19.3 Å². The molecule has 0 bridgehead atoms. The maximum Gasteiger partial charge on any atom is 0.411 e. The highest BCUT2D eigenvalue weighted by molar-refractivity contribution is 5.95. The van der Waals surface area contributed by atoms with Gasteiger partial charge in [0, 0.05) is 33.1 Å². The molecule has 3 aliphatic heterocycles. The summed E-state index contributed by atoms with van der Waals surface area (Å²) in [4.78, 5) is 56.9. The minimum Gasteiger partial charge on any atom is -0.460 e. The molecule has 0 aromatic carbocycles. The largest absolute Gasteiger partial charge is 0.460 e. The topological polar surface area (TPSA) is 96.5 Å². The van der Waals surface area contributed by atoms with Crippen LogP contribution in [-0.2, 0) is 23.9 Å². The number of nitrogens with zero attached hydrogens (tertiary/aromatic N) is 3. The van der Waals surface area contributed by atoms with Crippen molar-refractivity contribution in [1.82, 2.24) is 14.7 Å². The zero-order valence-electron chi connectivity index (χ0n) is 20.0. The Bertz CT molecular complexity index is 757. The van der Waals surface area contributed by atoms with Crippen LogP contribution < -0.4 is 0 Å². The van der Waals surface area contributed by atoms with E-state index in [1.807, 2.05) is 0 Å². The fraction of sp³-hybridized carbons (Fsp3) is 0.826. The summed E-state index contributed by atoms with van der Waals surface area (Å²) in [7, 11) is 0. The first-order chi connectivity index (χ1) is 15.0. The van der Waals surface area contributed by atoms with Gasteiger partial charge in [-0.1, -0.05) is 0 Å². The average Bonchev–Trinajstić information content (AvgIpc) is 3.34. The zero-order chi connectivity index (χ0) is 23.7. The van der Waals surface area contributed by atoms with E-state index in [4.69, 9.17) is 9.47 Å². The Kier molecular flexibility index (Phi) is 7.05. The average molecular weight is 452 g/mol. The minimum atomic E-state index is -1.01. The van der Waals surface area contributed by atoms with Crippen LogP contribution in [0.25, 0.3) is 0 Å². The highest BCUT2D eigenvalue weighted by atomic mass is 16.6. The molecule has 0 radical (unpaired) electrons. The highest BCUT2D eigenvalue weighted by Crippen LogP contribution is 2.40. The van der Waals surface area contributed by atoms with Crippen molar-refractivity contribution in [1.29, 1.82) is 0 Å². The Morgan fingerprint density at radius 3 is 2.12 bits per heavy atom. The molecule has 0 saturated carbocycles. The first-order valence-electron chi connectivity index (χ1n) is 11.7. The van der Waals surface area contributed by atoms with Gasteiger partial charge in [0.25, 0.3) is 0 Å². The summed E-state index contributed by atoms with van der Waals surface area (Å²) in [5.41, 5.74) is -1.68. The third-order valence-electron chi connectivity index (χ3n) is 6.55. The SMILES string of the molecule is CC(=O)O[C@H](C)C(C(=O)N1CCCC1)N1CCCC2(CCCN2C(=O)OC(C)(C)C)C1=O. The lowest BCUT2D eigenvalue weighted by atomic mass is 9.84. The van der Waals surface area contributed by atoms with Crippen LogP contribution in [-0.4, -0.2) is 88.0 Å².